The first-order valence-corrected chi connectivity index (χ1v) is 6.33. The minimum atomic E-state index is -0.498. The second-order valence-corrected chi connectivity index (χ2v) is 5.40. The van der Waals surface area contributed by atoms with Gasteiger partial charge in [-0.2, -0.15) is 0 Å². The van der Waals surface area contributed by atoms with Crippen molar-refractivity contribution in [1.29, 1.82) is 0 Å². The van der Waals surface area contributed by atoms with Crippen LogP contribution in [0.15, 0.2) is 11.5 Å². The third-order valence-electron chi connectivity index (χ3n) is 1.69. The van der Waals surface area contributed by atoms with E-state index < -0.39 is 11.7 Å². The first-order valence-electron chi connectivity index (χ1n) is 5.45. The summed E-state index contributed by atoms with van der Waals surface area (Å²) in [5, 5.41) is 4.80. The Bertz CT molecular complexity index is 446. The van der Waals surface area contributed by atoms with Gasteiger partial charge in [-0.05, 0) is 26.8 Å². The Morgan fingerprint density at radius 3 is 2.83 bits per heavy atom. The van der Waals surface area contributed by atoms with Crippen LogP contribution in [-0.2, 0) is 4.74 Å². The molecule has 5 nitrogen and oxygen atoms in total. The van der Waals surface area contributed by atoms with Crippen LogP contribution in [0.4, 0.5) is 4.79 Å². The summed E-state index contributed by atoms with van der Waals surface area (Å²) >= 11 is 1.28. The summed E-state index contributed by atoms with van der Waals surface area (Å²) in [5.74, 6) is 0. The van der Waals surface area contributed by atoms with E-state index in [9.17, 15) is 9.59 Å². The summed E-state index contributed by atoms with van der Waals surface area (Å²) < 4.78 is 5.07. The van der Waals surface area contributed by atoms with E-state index >= 15 is 0 Å². The molecule has 0 saturated carbocycles. The van der Waals surface area contributed by atoms with E-state index in [-0.39, 0.29) is 0 Å². The summed E-state index contributed by atoms with van der Waals surface area (Å²) in [6.07, 6.45) is 3.73. The molecule has 1 aromatic rings. The molecule has 0 aromatic carbocycles. The van der Waals surface area contributed by atoms with Gasteiger partial charge >= 0.3 is 6.09 Å². The van der Waals surface area contributed by atoms with E-state index in [1.807, 2.05) is 0 Å². The van der Waals surface area contributed by atoms with Crippen LogP contribution in [0.25, 0.3) is 6.08 Å². The average Bonchev–Trinajstić information content (AvgIpc) is 2.70. The zero-order valence-electron chi connectivity index (χ0n) is 10.6. The highest BCUT2D eigenvalue weighted by atomic mass is 32.1. The molecule has 0 aliphatic rings. The third-order valence-corrected chi connectivity index (χ3v) is 2.48. The molecule has 0 aliphatic heterocycles. The second kappa shape index (κ2) is 6.30. The van der Waals surface area contributed by atoms with Crippen molar-refractivity contribution in [2.24, 2.45) is 0 Å². The molecule has 98 valence electrons. The SMILES string of the molecule is CC(C)(C)OC(=O)NCC=Cc1csc(C=O)n1. The molecule has 1 rings (SSSR count). The number of nitrogens with zero attached hydrogens (tertiary/aromatic N) is 1. The number of carbonyl (C=O) groups excluding carboxylic acids is 2. The largest absolute Gasteiger partial charge is 0.444 e. The van der Waals surface area contributed by atoms with Crippen LogP contribution in [0.1, 0.15) is 36.3 Å². The zero-order valence-corrected chi connectivity index (χ0v) is 11.4. The smallest absolute Gasteiger partial charge is 0.407 e. The number of carbonyl (C=O) groups is 2. The summed E-state index contributed by atoms with van der Waals surface area (Å²) in [6.45, 7) is 5.76. The molecular weight excluding hydrogens is 252 g/mol. The van der Waals surface area contributed by atoms with Crippen molar-refractivity contribution in [1.82, 2.24) is 10.3 Å². The summed E-state index contributed by atoms with van der Waals surface area (Å²) in [7, 11) is 0. The maximum Gasteiger partial charge on any atom is 0.407 e. The van der Waals surface area contributed by atoms with E-state index in [1.165, 1.54) is 11.3 Å². The van der Waals surface area contributed by atoms with Gasteiger partial charge in [-0.3, -0.25) is 4.79 Å². The molecule has 6 heteroatoms. The van der Waals surface area contributed by atoms with Crippen LogP contribution in [0.3, 0.4) is 0 Å². The number of nitrogens with one attached hydrogen (secondary N) is 1. The summed E-state index contributed by atoms with van der Waals surface area (Å²) in [5.41, 5.74) is 0.203. The molecule has 18 heavy (non-hydrogen) atoms. The Labute approximate surface area is 110 Å². The molecule has 0 atom stereocenters. The lowest BCUT2D eigenvalue weighted by molar-refractivity contribution is 0.0534. The first-order chi connectivity index (χ1) is 8.40. The van der Waals surface area contributed by atoms with Crippen LogP contribution >= 0.6 is 11.3 Å². The predicted molar refractivity (Wildman–Crippen MR) is 70.8 cm³/mol. The number of rotatable bonds is 4. The standard InChI is InChI=1S/C12H16N2O3S/c1-12(2,3)17-11(16)13-6-4-5-9-8-18-10(7-15)14-9/h4-5,7-8H,6H2,1-3H3,(H,13,16). The minimum absolute atomic E-state index is 0.350. The molecule has 0 bridgehead atoms. The molecule has 0 aliphatic carbocycles. The molecule has 0 spiro atoms. The maximum atomic E-state index is 11.3. The quantitative estimate of drug-likeness (QED) is 0.852. The monoisotopic (exact) mass is 268 g/mol. The molecule has 1 aromatic heterocycles. The zero-order chi connectivity index (χ0) is 13.6. The normalized spacial score (nSPS) is 11.5. The van der Waals surface area contributed by atoms with Crippen molar-refractivity contribution < 1.29 is 14.3 Å². The first kappa shape index (κ1) is 14.4. The molecule has 1 N–H and O–H groups in total. The van der Waals surface area contributed by atoms with Crippen molar-refractivity contribution in [3.05, 3.63) is 22.2 Å². The number of ether oxygens (including phenoxy) is 1. The van der Waals surface area contributed by atoms with Gasteiger partial charge in [0, 0.05) is 11.9 Å². The number of amides is 1. The van der Waals surface area contributed by atoms with E-state index in [0.29, 0.717) is 23.5 Å². The fourth-order valence-corrected chi connectivity index (χ4v) is 1.65. The molecule has 1 amide bonds. The number of aldehydes is 1. The molecular formula is C12H16N2O3S. The van der Waals surface area contributed by atoms with Crippen LogP contribution < -0.4 is 5.32 Å². The molecule has 0 unspecified atom stereocenters. The van der Waals surface area contributed by atoms with E-state index in [1.54, 1.807) is 38.3 Å². The number of hydrogen-bond donors (Lipinski definition) is 1. The Morgan fingerprint density at radius 2 is 2.28 bits per heavy atom. The summed E-state index contributed by atoms with van der Waals surface area (Å²) in [6, 6.07) is 0. The average molecular weight is 268 g/mol. The number of hydrogen-bond acceptors (Lipinski definition) is 5. The van der Waals surface area contributed by atoms with Gasteiger partial charge in [0.15, 0.2) is 11.3 Å². The lowest BCUT2D eigenvalue weighted by atomic mass is 10.2. The van der Waals surface area contributed by atoms with Crippen molar-refractivity contribution in [3.8, 4) is 0 Å². The van der Waals surface area contributed by atoms with E-state index in [4.69, 9.17) is 4.74 Å². The van der Waals surface area contributed by atoms with Gasteiger partial charge in [-0.1, -0.05) is 6.08 Å². The van der Waals surface area contributed by atoms with Crippen molar-refractivity contribution >= 4 is 29.8 Å². The topological polar surface area (TPSA) is 68.3 Å². The van der Waals surface area contributed by atoms with Gasteiger partial charge in [0.05, 0.1) is 5.69 Å². The van der Waals surface area contributed by atoms with Gasteiger partial charge in [0.1, 0.15) is 5.60 Å². The van der Waals surface area contributed by atoms with Gasteiger partial charge in [-0.15, -0.1) is 11.3 Å². The predicted octanol–water partition coefficient (Wildman–Crippen LogP) is 2.49. The Kier molecular flexibility index (Phi) is 5.03. The Balaban J connectivity index is 2.33. The number of thiazole rings is 1. The molecule has 0 radical (unpaired) electrons. The lowest BCUT2D eigenvalue weighted by Crippen LogP contribution is -2.32. The van der Waals surface area contributed by atoms with Gasteiger partial charge in [-0.25, -0.2) is 9.78 Å². The highest BCUT2D eigenvalue weighted by Crippen LogP contribution is 2.08. The second-order valence-electron chi connectivity index (χ2n) is 4.51. The Hall–Kier alpha value is -1.69. The van der Waals surface area contributed by atoms with Gasteiger partial charge in [0.25, 0.3) is 0 Å². The molecule has 1 heterocycles. The highest BCUT2D eigenvalue weighted by Gasteiger charge is 2.14. The number of aromatic nitrogens is 1. The fourth-order valence-electron chi connectivity index (χ4n) is 1.07. The minimum Gasteiger partial charge on any atom is -0.444 e. The molecule has 0 saturated heterocycles. The third kappa shape index (κ3) is 5.58. The molecule has 0 fully saturated rings. The maximum absolute atomic E-state index is 11.3. The highest BCUT2D eigenvalue weighted by molar-refractivity contribution is 7.11. The van der Waals surface area contributed by atoms with Gasteiger partial charge in [0.2, 0.25) is 0 Å². The van der Waals surface area contributed by atoms with E-state index in [0.717, 1.165) is 0 Å². The van der Waals surface area contributed by atoms with Crippen molar-refractivity contribution in [2.45, 2.75) is 26.4 Å². The van der Waals surface area contributed by atoms with Crippen LogP contribution in [0.5, 0.6) is 0 Å². The van der Waals surface area contributed by atoms with Crippen LogP contribution in [-0.4, -0.2) is 29.5 Å². The summed E-state index contributed by atoms with van der Waals surface area (Å²) in [4.78, 5) is 25.7. The Morgan fingerprint density at radius 1 is 1.56 bits per heavy atom. The van der Waals surface area contributed by atoms with Crippen LogP contribution in [0.2, 0.25) is 0 Å². The van der Waals surface area contributed by atoms with E-state index in [2.05, 4.69) is 10.3 Å². The lowest BCUT2D eigenvalue weighted by Gasteiger charge is -2.19. The van der Waals surface area contributed by atoms with Crippen molar-refractivity contribution in [2.75, 3.05) is 6.54 Å². The number of alkyl carbamates (subject to hydrolysis) is 1. The van der Waals surface area contributed by atoms with Gasteiger partial charge < -0.3 is 10.1 Å². The fraction of sp³-hybridized carbons (Fsp3) is 0.417. The van der Waals surface area contributed by atoms with Crippen LogP contribution in [0, 0.1) is 0 Å². The van der Waals surface area contributed by atoms with Crippen molar-refractivity contribution in [3.63, 3.8) is 0 Å².